The van der Waals surface area contributed by atoms with Gasteiger partial charge in [-0.3, -0.25) is 4.90 Å². The number of morpholine rings is 1. The zero-order valence-corrected chi connectivity index (χ0v) is 17.0. The number of nitrogens with two attached hydrogens (primary N) is 1. The zero-order valence-electron chi connectivity index (χ0n) is 15.5. The maximum Gasteiger partial charge on any atom is 0.222 e. The fourth-order valence-corrected chi connectivity index (χ4v) is 3.34. The molecule has 2 aliphatic heterocycles. The molecule has 1 atom stereocenters. The third-order valence-electron chi connectivity index (χ3n) is 4.45. The Balaban J connectivity index is 0.00000240. The highest BCUT2D eigenvalue weighted by Crippen LogP contribution is 2.25. The van der Waals surface area contributed by atoms with Gasteiger partial charge in [-0.1, -0.05) is 17.7 Å². The van der Waals surface area contributed by atoms with Crippen LogP contribution in [0, 0.1) is 5.82 Å². The van der Waals surface area contributed by atoms with E-state index >= 15 is 0 Å². The van der Waals surface area contributed by atoms with Crippen LogP contribution in [0.3, 0.4) is 0 Å². The van der Waals surface area contributed by atoms with Crippen molar-refractivity contribution in [1.29, 1.82) is 0 Å². The Morgan fingerprint density at radius 2 is 1.86 bits per heavy atom. The Morgan fingerprint density at radius 1 is 1.14 bits per heavy atom. The summed E-state index contributed by atoms with van der Waals surface area (Å²) in [4.78, 5) is 12.9. The molecule has 0 aromatic heterocycles. The van der Waals surface area contributed by atoms with Crippen LogP contribution >= 0.6 is 24.0 Å². The molecule has 7 nitrogen and oxygen atoms in total. The number of nitrogens with zero attached hydrogens (tertiary/aromatic N) is 4. The molecule has 2 heterocycles. The van der Waals surface area contributed by atoms with E-state index in [1.165, 1.54) is 12.1 Å². The van der Waals surface area contributed by atoms with E-state index in [0.29, 0.717) is 37.3 Å². The lowest BCUT2D eigenvalue weighted by Crippen LogP contribution is -2.57. The topological polar surface area (TPSA) is 78.5 Å². The molecule has 2 aliphatic rings. The molecule has 29 heavy (non-hydrogen) atoms. The Labute approximate surface area is 179 Å². The lowest BCUT2D eigenvalue weighted by atomic mass is 10.2. The van der Waals surface area contributed by atoms with Crippen LogP contribution in [-0.2, 0) is 4.74 Å². The quantitative estimate of drug-likeness (QED) is 0.769. The van der Waals surface area contributed by atoms with Gasteiger partial charge in [-0.2, -0.15) is 4.99 Å². The van der Waals surface area contributed by atoms with E-state index in [4.69, 9.17) is 22.1 Å². The highest BCUT2D eigenvalue weighted by molar-refractivity contribution is 6.30. The molecule has 1 unspecified atom stereocenters. The molecule has 2 aromatic carbocycles. The van der Waals surface area contributed by atoms with Crippen molar-refractivity contribution in [3.63, 3.8) is 0 Å². The van der Waals surface area contributed by atoms with E-state index in [0.717, 1.165) is 11.4 Å². The van der Waals surface area contributed by atoms with E-state index < -0.39 is 6.29 Å². The average Bonchev–Trinajstić information content (AvgIpc) is 2.69. The number of hydrogen-bond acceptors (Lipinski definition) is 7. The summed E-state index contributed by atoms with van der Waals surface area (Å²) in [6.07, 6.45) is -0.570. The summed E-state index contributed by atoms with van der Waals surface area (Å²) in [5.41, 5.74) is 7.54. The van der Waals surface area contributed by atoms with E-state index in [1.54, 1.807) is 24.3 Å². The summed E-state index contributed by atoms with van der Waals surface area (Å²) in [5, 5.41) is 3.93. The second-order valence-corrected chi connectivity index (χ2v) is 6.81. The third-order valence-corrected chi connectivity index (χ3v) is 4.68. The van der Waals surface area contributed by atoms with Gasteiger partial charge in [0.1, 0.15) is 5.82 Å². The highest BCUT2D eigenvalue weighted by atomic mass is 35.5. The first-order valence-electron chi connectivity index (χ1n) is 8.92. The fraction of sp³-hybridized carbons (Fsp3) is 0.263. The first-order valence-corrected chi connectivity index (χ1v) is 9.29. The number of hydrogen-bond donors (Lipinski definition) is 2. The minimum Gasteiger partial charge on any atom is -0.378 e. The van der Waals surface area contributed by atoms with Gasteiger partial charge in [0.05, 0.1) is 13.2 Å². The fourth-order valence-electron chi connectivity index (χ4n) is 3.15. The van der Waals surface area contributed by atoms with Crippen molar-refractivity contribution in [3.05, 3.63) is 59.4 Å². The smallest absolute Gasteiger partial charge is 0.222 e. The molecule has 0 aliphatic carbocycles. The van der Waals surface area contributed by atoms with Crippen molar-refractivity contribution in [2.75, 3.05) is 36.5 Å². The van der Waals surface area contributed by atoms with E-state index in [1.807, 2.05) is 17.0 Å². The van der Waals surface area contributed by atoms with Crippen LogP contribution in [0.15, 0.2) is 58.5 Å². The molecule has 3 N–H and O–H groups in total. The first kappa shape index (κ1) is 21.2. The largest absolute Gasteiger partial charge is 0.378 e. The Morgan fingerprint density at radius 3 is 2.55 bits per heavy atom. The number of nitrogens with one attached hydrogen (secondary N) is 1. The number of benzene rings is 2. The van der Waals surface area contributed by atoms with Crippen LogP contribution in [0.4, 0.5) is 15.8 Å². The summed E-state index contributed by atoms with van der Waals surface area (Å²) in [6.45, 7) is 2.54. The molecule has 1 fully saturated rings. The summed E-state index contributed by atoms with van der Waals surface area (Å²) < 4.78 is 19.0. The molecular weight excluding hydrogens is 418 g/mol. The van der Waals surface area contributed by atoms with Gasteiger partial charge in [-0.25, -0.2) is 9.38 Å². The summed E-state index contributed by atoms with van der Waals surface area (Å²) >= 11 is 6.11. The second-order valence-electron chi connectivity index (χ2n) is 6.37. The predicted molar refractivity (Wildman–Crippen MR) is 116 cm³/mol. The van der Waals surface area contributed by atoms with Crippen molar-refractivity contribution in [2.45, 2.75) is 6.29 Å². The molecule has 2 aromatic rings. The molecule has 1 saturated heterocycles. The minimum absolute atomic E-state index is 0. The molecule has 0 radical (unpaired) electrons. The van der Waals surface area contributed by atoms with Gasteiger partial charge in [0, 0.05) is 29.5 Å². The maximum atomic E-state index is 13.5. The van der Waals surface area contributed by atoms with Crippen LogP contribution in [0.1, 0.15) is 0 Å². The van der Waals surface area contributed by atoms with Crippen LogP contribution in [-0.4, -0.2) is 49.4 Å². The SMILES string of the molecule is Cl.NC1=NC(Nc2cccc(Cl)c2)N(c2ccc(F)cc2)C(N2CCOCC2)=N1. The van der Waals surface area contributed by atoms with Crippen molar-refractivity contribution in [2.24, 2.45) is 15.7 Å². The normalized spacial score (nSPS) is 19.2. The summed E-state index contributed by atoms with van der Waals surface area (Å²) in [5.74, 6) is 0.495. The number of ether oxygens (including phenoxy) is 1. The van der Waals surface area contributed by atoms with Crippen LogP contribution in [0.5, 0.6) is 0 Å². The molecular formula is C19H21Cl2FN6O. The van der Waals surface area contributed by atoms with Crippen molar-refractivity contribution < 1.29 is 9.13 Å². The molecule has 10 heteroatoms. The van der Waals surface area contributed by atoms with Crippen molar-refractivity contribution in [1.82, 2.24) is 4.90 Å². The molecule has 0 spiro atoms. The third kappa shape index (κ3) is 4.90. The molecule has 0 amide bonds. The standard InChI is InChI=1S/C19H20ClFN6O.ClH/c20-13-2-1-3-15(12-13)23-18-24-17(22)25-19(26-8-10-28-11-9-26)27(18)16-6-4-14(21)5-7-16;/h1-7,12,18,23H,8-11H2,(H2,22,24);1H. The Kier molecular flexibility index (Phi) is 6.79. The van der Waals surface area contributed by atoms with Crippen LogP contribution in [0.2, 0.25) is 5.02 Å². The van der Waals surface area contributed by atoms with Gasteiger partial charge >= 0.3 is 0 Å². The van der Waals surface area contributed by atoms with E-state index in [9.17, 15) is 4.39 Å². The predicted octanol–water partition coefficient (Wildman–Crippen LogP) is 3.12. The number of guanidine groups is 2. The second kappa shape index (κ2) is 9.30. The van der Waals surface area contributed by atoms with Gasteiger partial charge in [0.15, 0.2) is 0 Å². The zero-order chi connectivity index (χ0) is 19.5. The van der Waals surface area contributed by atoms with Crippen LogP contribution in [0.25, 0.3) is 0 Å². The highest BCUT2D eigenvalue weighted by Gasteiger charge is 2.32. The monoisotopic (exact) mass is 438 g/mol. The van der Waals surface area contributed by atoms with Crippen molar-refractivity contribution in [3.8, 4) is 0 Å². The average molecular weight is 439 g/mol. The molecule has 0 bridgehead atoms. The molecule has 154 valence electrons. The van der Waals surface area contributed by atoms with Gasteiger partial charge in [0.25, 0.3) is 0 Å². The number of anilines is 2. The van der Waals surface area contributed by atoms with Gasteiger partial charge in [-0.15, -0.1) is 12.4 Å². The number of rotatable bonds is 3. The molecule has 0 saturated carbocycles. The van der Waals surface area contributed by atoms with Gasteiger partial charge < -0.3 is 20.7 Å². The molecule has 4 rings (SSSR count). The maximum absolute atomic E-state index is 13.5. The lowest BCUT2D eigenvalue weighted by molar-refractivity contribution is 0.0671. The number of halogens is 3. The Hall–Kier alpha value is -2.55. The van der Waals surface area contributed by atoms with E-state index in [2.05, 4.69) is 20.2 Å². The first-order chi connectivity index (χ1) is 13.6. The van der Waals surface area contributed by atoms with Crippen molar-refractivity contribution >= 4 is 47.3 Å². The van der Waals surface area contributed by atoms with Gasteiger partial charge in [-0.05, 0) is 42.5 Å². The Bertz CT molecular complexity index is 902. The number of aliphatic imine (C=N–C) groups is 2. The van der Waals surface area contributed by atoms with E-state index in [-0.39, 0.29) is 24.2 Å². The summed E-state index contributed by atoms with van der Waals surface area (Å²) in [6, 6.07) is 13.5. The lowest BCUT2D eigenvalue weighted by Gasteiger charge is -2.41. The van der Waals surface area contributed by atoms with Crippen LogP contribution < -0.4 is 16.0 Å². The van der Waals surface area contributed by atoms with Gasteiger partial charge in [0.2, 0.25) is 18.2 Å². The summed E-state index contributed by atoms with van der Waals surface area (Å²) in [7, 11) is 0. The minimum atomic E-state index is -0.570.